The van der Waals surface area contributed by atoms with E-state index in [1.165, 1.54) is 11.1 Å². The molecule has 1 atom stereocenters. The quantitative estimate of drug-likeness (QED) is 0.324. The van der Waals surface area contributed by atoms with E-state index in [-0.39, 0.29) is 0 Å². The fourth-order valence-corrected chi connectivity index (χ4v) is 3.99. The number of aromatic nitrogens is 3. The van der Waals surface area contributed by atoms with Crippen molar-refractivity contribution in [2.45, 2.75) is 30.5 Å². The number of nitrogens with zero attached hydrogens (tertiary/aromatic N) is 3. The summed E-state index contributed by atoms with van der Waals surface area (Å²) in [5, 5.41) is 2.70. The smallest absolute Gasteiger partial charge is 0.149 e. The number of hydrogen-bond donors (Lipinski definition) is 0. The molecule has 0 radical (unpaired) electrons. The molecule has 4 aromatic rings. The number of thioether (sulfide) groups is 1. The first-order valence-corrected chi connectivity index (χ1v) is 9.79. The van der Waals surface area contributed by atoms with Crippen molar-refractivity contribution in [3.63, 3.8) is 0 Å². The zero-order chi connectivity index (χ0) is 17.9. The summed E-state index contributed by atoms with van der Waals surface area (Å²) in [7, 11) is 0. The first kappa shape index (κ1) is 16.9. The lowest BCUT2D eigenvalue weighted by Crippen LogP contribution is -1.97. The highest BCUT2D eigenvalue weighted by Crippen LogP contribution is 2.38. The van der Waals surface area contributed by atoms with Crippen LogP contribution in [0.15, 0.2) is 78.2 Å². The zero-order valence-corrected chi connectivity index (χ0v) is 15.8. The molecule has 0 N–H and O–H groups in total. The van der Waals surface area contributed by atoms with Crippen molar-refractivity contribution < 1.29 is 0 Å². The summed E-state index contributed by atoms with van der Waals surface area (Å²) in [6.07, 6.45) is 4.97. The predicted molar refractivity (Wildman–Crippen MR) is 110 cm³/mol. The molecule has 2 heterocycles. The van der Waals surface area contributed by atoms with Crippen LogP contribution >= 0.6 is 11.8 Å². The third-order valence-corrected chi connectivity index (χ3v) is 5.82. The summed E-state index contributed by atoms with van der Waals surface area (Å²) in [5.41, 5.74) is 4.43. The molecule has 0 spiro atoms. The van der Waals surface area contributed by atoms with E-state index in [4.69, 9.17) is 0 Å². The van der Waals surface area contributed by atoms with E-state index in [9.17, 15) is 0 Å². The van der Waals surface area contributed by atoms with Gasteiger partial charge in [-0.3, -0.25) is 0 Å². The Morgan fingerprint density at radius 1 is 0.962 bits per heavy atom. The van der Waals surface area contributed by atoms with Crippen molar-refractivity contribution in [2.75, 3.05) is 0 Å². The Morgan fingerprint density at radius 2 is 1.65 bits per heavy atom. The molecule has 0 amide bonds. The molecule has 0 saturated carbocycles. The SMILES string of the molecule is CC[C@@H](C)Sc1ncnc2c1c(-c1ccccc1)cn2-c1ccccc1. The van der Waals surface area contributed by atoms with Gasteiger partial charge in [-0.15, -0.1) is 11.8 Å². The second-order valence-corrected chi connectivity index (χ2v) is 7.76. The molecular weight excluding hydrogens is 338 g/mol. The predicted octanol–water partition coefficient (Wildman–Crippen LogP) is 5.98. The minimum Gasteiger partial charge on any atom is -0.301 e. The van der Waals surface area contributed by atoms with Gasteiger partial charge in [0.15, 0.2) is 0 Å². The second kappa shape index (κ2) is 7.34. The van der Waals surface area contributed by atoms with Crippen molar-refractivity contribution >= 4 is 22.8 Å². The number of para-hydroxylation sites is 1. The number of rotatable bonds is 5. The summed E-state index contributed by atoms with van der Waals surface area (Å²) in [4.78, 5) is 9.26. The third-order valence-electron chi connectivity index (χ3n) is 4.56. The van der Waals surface area contributed by atoms with Gasteiger partial charge in [0, 0.05) is 22.7 Å². The van der Waals surface area contributed by atoms with E-state index in [0.29, 0.717) is 5.25 Å². The molecular formula is C22H21N3S. The van der Waals surface area contributed by atoms with Crippen LogP contribution in [0.3, 0.4) is 0 Å². The Bertz CT molecular complexity index is 1010. The lowest BCUT2D eigenvalue weighted by atomic mass is 10.1. The van der Waals surface area contributed by atoms with Crippen molar-refractivity contribution in [1.29, 1.82) is 0 Å². The van der Waals surface area contributed by atoms with Crippen LogP contribution in [-0.2, 0) is 0 Å². The van der Waals surface area contributed by atoms with E-state index in [1.807, 2.05) is 23.9 Å². The second-order valence-electron chi connectivity index (χ2n) is 6.33. The highest BCUT2D eigenvalue weighted by molar-refractivity contribution is 8.00. The number of hydrogen-bond acceptors (Lipinski definition) is 3. The largest absolute Gasteiger partial charge is 0.301 e. The van der Waals surface area contributed by atoms with Crippen LogP contribution in [0, 0.1) is 0 Å². The molecule has 0 unspecified atom stereocenters. The van der Waals surface area contributed by atoms with Crippen LogP contribution in [0.2, 0.25) is 0 Å². The molecule has 26 heavy (non-hydrogen) atoms. The van der Waals surface area contributed by atoms with Crippen LogP contribution < -0.4 is 0 Å². The molecule has 0 aliphatic carbocycles. The summed E-state index contributed by atoms with van der Waals surface area (Å²) in [6.45, 7) is 4.46. The van der Waals surface area contributed by atoms with E-state index in [1.54, 1.807) is 6.33 Å². The fraction of sp³-hybridized carbons (Fsp3) is 0.182. The molecule has 0 saturated heterocycles. The average molecular weight is 359 g/mol. The summed E-state index contributed by atoms with van der Waals surface area (Å²) in [6, 6.07) is 20.9. The minimum absolute atomic E-state index is 0.511. The minimum atomic E-state index is 0.511. The molecule has 0 bridgehead atoms. The molecule has 130 valence electrons. The monoisotopic (exact) mass is 359 g/mol. The van der Waals surface area contributed by atoms with Gasteiger partial charge in [0.05, 0.1) is 5.39 Å². The molecule has 4 rings (SSSR count). The summed E-state index contributed by atoms with van der Waals surface area (Å²) in [5.74, 6) is 0. The van der Waals surface area contributed by atoms with E-state index < -0.39 is 0 Å². The molecule has 0 aliphatic heterocycles. The Hall–Kier alpha value is -2.59. The Kier molecular flexibility index (Phi) is 4.76. The highest BCUT2D eigenvalue weighted by Gasteiger charge is 2.18. The maximum atomic E-state index is 4.64. The number of fused-ring (bicyclic) bond motifs is 1. The molecule has 4 heteroatoms. The van der Waals surface area contributed by atoms with E-state index in [0.717, 1.165) is 28.2 Å². The Balaban J connectivity index is 1.99. The van der Waals surface area contributed by atoms with Gasteiger partial charge in [0.25, 0.3) is 0 Å². The van der Waals surface area contributed by atoms with Gasteiger partial charge >= 0.3 is 0 Å². The maximum Gasteiger partial charge on any atom is 0.149 e. The first-order valence-electron chi connectivity index (χ1n) is 8.91. The highest BCUT2D eigenvalue weighted by atomic mass is 32.2. The van der Waals surface area contributed by atoms with Gasteiger partial charge < -0.3 is 4.57 Å². The average Bonchev–Trinajstić information content (AvgIpc) is 3.10. The van der Waals surface area contributed by atoms with Crippen molar-refractivity contribution in [2.24, 2.45) is 0 Å². The lowest BCUT2D eigenvalue weighted by molar-refractivity contribution is 0.901. The Labute approximate surface area is 158 Å². The van der Waals surface area contributed by atoms with Gasteiger partial charge in [0.2, 0.25) is 0 Å². The standard InChI is InChI=1S/C22H21N3S/c1-3-16(2)26-22-20-19(17-10-6-4-7-11-17)14-25(21(20)23-15-24-22)18-12-8-5-9-13-18/h4-16H,3H2,1-2H3/t16-/m1/s1. The van der Waals surface area contributed by atoms with Crippen molar-refractivity contribution in [3.8, 4) is 16.8 Å². The number of benzene rings is 2. The van der Waals surface area contributed by atoms with Crippen LogP contribution in [0.5, 0.6) is 0 Å². The topological polar surface area (TPSA) is 30.7 Å². The van der Waals surface area contributed by atoms with E-state index in [2.05, 4.69) is 83.1 Å². The fourth-order valence-electron chi connectivity index (χ4n) is 3.02. The van der Waals surface area contributed by atoms with Gasteiger partial charge in [0.1, 0.15) is 17.0 Å². The lowest BCUT2D eigenvalue weighted by Gasteiger charge is -2.09. The van der Waals surface area contributed by atoms with Gasteiger partial charge in [-0.2, -0.15) is 0 Å². The summed E-state index contributed by atoms with van der Waals surface area (Å²) < 4.78 is 2.17. The molecule has 0 aliphatic rings. The zero-order valence-electron chi connectivity index (χ0n) is 15.0. The molecule has 2 aromatic carbocycles. The van der Waals surface area contributed by atoms with Gasteiger partial charge in [-0.1, -0.05) is 62.4 Å². The summed E-state index contributed by atoms with van der Waals surface area (Å²) >= 11 is 1.83. The maximum absolute atomic E-state index is 4.64. The van der Waals surface area contributed by atoms with Crippen LogP contribution in [-0.4, -0.2) is 19.8 Å². The third kappa shape index (κ3) is 3.13. The van der Waals surface area contributed by atoms with Crippen LogP contribution in [0.25, 0.3) is 27.8 Å². The van der Waals surface area contributed by atoms with Crippen LogP contribution in [0.4, 0.5) is 0 Å². The Morgan fingerprint density at radius 3 is 2.35 bits per heavy atom. The molecule has 2 aromatic heterocycles. The first-order chi connectivity index (χ1) is 12.8. The van der Waals surface area contributed by atoms with E-state index >= 15 is 0 Å². The normalized spacial score (nSPS) is 12.4. The molecule has 3 nitrogen and oxygen atoms in total. The van der Waals surface area contributed by atoms with Gasteiger partial charge in [-0.25, -0.2) is 9.97 Å². The van der Waals surface area contributed by atoms with Crippen LogP contribution in [0.1, 0.15) is 20.3 Å². The van der Waals surface area contributed by atoms with Crippen molar-refractivity contribution in [3.05, 3.63) is 73.2 Å². The molecule has 0 fully saturated rings. The van der Waals surface area contributed by atoms with Crippen molar-refractivity contribution in [1.82, 2.24) is 14.5 Å². The van der Waals surface area contributed by atoms with Gasteiger partial charge in [-0.05, 0) is 24.1 Å².